The molecular weight excluding hydrogens is 238 g/mol. The Hall–Kier alpha value is -1.45. The molecule has 1 aliphatic rings. The Kier molecular flexibility index (Phi) is 3.88. The first-order chi connectivity index (χ1) is 8.86. The van der Waals surface area contributed by atoms with Gasteiger partial charge >= 0.3 is 0 Å². The van der Waals surface area contributed by atoms with Crippen molar-refractivity contribution in [2.24, 2.45) is 5.92 Å². The van der Waals surface area contributed by atoms with Gasteiger partial charge < -0.3 is 4.90 Å². The molecule has 0 spiro atoms. The SMILES string of the molecule is CC(=O)N1CCC(Cc2cc(C(C)(C)C)ncn2)C1. The molecule has 1 fully saturated rings. The average Bonchev–Trinajstić information content (AvgIpc) is 2.77. The van der Waals surface area contributed by atoms with Crippen LogP contribution in [-0.2, 0) is 16.6 Å². The molecule has 104 valence electrons. The lowest BCUT2D eigenvalue weighted by Gasteiger charge is -2.18. The van der Waals surface area contributed by atoms with Crippen LogP contribution in [0.4, 0.5) is 0 Å². The number of carbonyl (C=O) groups excluding carboxylic acids is 1. The number of amides is 1. The molecule has 0 saturated carbocycles. The fourth-order valence-corrected chi connectivity index (χ4v) is 2.50. The fourth-order valence-electron chi connectivity index (χ4n) is 2.50. The van der Waals surface area contributed by atoms with Crippen LogP contribution in [0.3, 0.4) is 0 Å². The van der Waals surface area contributed by atoms with Gasteiger partial charge in [-0.2, -0.15) is 0 Å². The highest BCUT2D eigenvalue weighted by molar-refractivity contribution is 5.73. The smallest absolute Gasteiger partial charge is 0.219 e. The van der Waals surface area contributed by atoms with E-state index in [4.69, 9.17) is 0 Å². The van der Waals surface area contributed by atoms with Crippen LogP contribution in [0.1, 0.15) is 45.5 Å². The molecule has 4 nitrogen and oxygen atoms in total. The normalized spacial score (nSPS) is 19.8. The molecule has 1 saturated heterocycles. The first-order valence-electron chi connectivity index (χ1n) is 6.93. The third-order valence-electron chi connectivity index (χ3n) is 3.72. The van der Waals surface area contributed by atoms with E-state index in [2.05, 4.69) is 36.8 Å². The Morgan fingerprint density at radius 2 is 2.16 bits per heavy atom. The standard InChI is InChI=1S/C15H23N3O/c1-11(19)18-6-5-12(9-18)7-13-8-14(15(2,3)4)17-10-16-13/h8,10,12H,5-7,9H2,1-4H3. The molecule has 19 heavy (non-hydrogen) atoms. The maximum Gasteiger partial charge on any atom is 0.219 e. The molecule has 0 aliphatic carbocycles. The summed E-state index contributed by atoms with van der Waals surface area (Å²) in [5, 5.41) is 0. The van der Waals surface area contributed by atoms with Gasteiger partial charge in [0.25, 0.3) is 0 Å². The van der Waals surface area contributed by atoms with Gasteiger partial charge in [-0.1, -0.05) is 20.8 Å². The largest absolute Gasteiger partial charge is 0.343 e. The Morgan fingerprint density at radius 3 is 2.74 bits per heavy atom. The Balaban J connectivity index is 2.03. The van der Waals surface area contributed by atoms with Gasteiger partial charge in [0.1, 0.15) is 6.33 Å². The first-order valence-corrected chi connectivity index (χ1v) is 6.93. The number of aromatic nitrogens is 2. The van der Waals surface area contributed by atoms with Crippen molar-refractivity contribution in [2.75, 3.05) is 13.1 Å². The monoisotopic (exact) mass is 261 g/mol. The van der Waals surface area contributed by atoms with Gasteiger partial charge in [0, 0.05) is 36.8 Å². The maximum atomic E-state index is 11.3. The lowest BCUT2D eigenvalue weighted by molar-refractivity contribution is -0.127. The minimum Gasteiger partial charge on any atom is -0.343 e. The second kappa shape index (κ2) is 5.27. The van der Waals surface area contributed by atoms with E-state index < -0.39 is 0 Å². The summed E-state index contributed by atoms with van der Waals surface area (Å²) in [6.07, 6.45) is 3.68. The van der Waals surface area contributed by atoms with Crippen molar-refractivity contribution in [3.63, 3.8) is 0 Å². The average molecular weight is 261 g/mol. The highest BCUT2D eigenvalue weighted by Gasteiger charge is 2.25. The molecule has 1 aromatic heterocycles. The van der Waals surface area contributed by atoms with Crippen LogP contribution in [0.25, 0.3) is 0 Å². The molecular formula is C15H23N3O. The van der Waals surface area contributed by atoms with Gasteiger partial charge in [-0.15, -0.1) is 0 Å². The lowest BCUT2D eigenvalue weighted by atomic mass is 9.90. The van der Waals surface area contributed by atoms with Crippen molar-refractivity contribution in [1.29, 1.82) is 0 Å². The quantitative estimate of drug-likeness (QED) is 0.819. The predicted octanol–water partition coefficient (Wildman–Crippen LogP) is 2.19. The van der Waals surface area contributed by atoms with E-state index in [1.165, 1.54) is 0 Å². The molecule has 0 bridgehead atoms. The van der Waals surface area contributed by atoms with E-state index in [-0.39, 0.29) is 11.3 Å². The third-order valence-corrected chi connectivity index (χ3v) is 3.72. The summed E-state index contributed by atoms with van der Waals surface area (Å²) in [5.74, 6) is 0.715. The number of carbonyl (C=O) groups is 1. The maximum absolute atomic E-state index is 11.3. The lowest BCUT2D eigenvalue weighted by Crippen LogP contribution is -2.26. The third kappa shape index (κ3) is 3.52. The summed E-state index contributed by atoms with van der Waals surface area (Å²) in [6.45, 7) is 9.87. The van der Waals surface area contributed by atoms with E-state index in [0.29, 0.717) is 5.92 Å². The van der Waals surface area contributed by atoms with E-state index in [1.54, 1.807) is 13.3 Å². The van der Waals surface area contributed by atoms with Crippen LogP contribution in [0.15, 0.2) is 12.4 Å². The second-order valence-corrected chi connectivity index (χ2v) is 6.47. The molecule has 1 aromatic rings. The van der Waals surface area contributed by atoms with Gasteiger partial charge in [0.2, 0.25) is 5.91 Å². The van der Waals surface area contributed by atoms with E-state index >= 15 is 0 Å². The molecule has 0 N–H and O–H groups in total. The van der Waals surface area contributed by atoms with Crippen LogP contribution < -0.4 is 0 Å². The van der Waals surface area contributed by atoms with Crippen molar-refractivity contribution >= 4 is 5.91 Å². The Labute approximate surface area is 115 Å². The summed E-state index contributed by atoms with van der Waals surface area (Å²) >= 11 is 0. The molecule has 0 aromatic carbocycles. The van der Waals surface area contributed by atoms with Crippen molar-refractivity contribution in [3.05, 3.63) is 23.8 Å². The zero-order chi connectivity index (χ0) is 14.0. The number of hydrogen-bond donors (Lipinski definition) is 0. The van der Waals surface area contributed by atoms with Crippen LogP contribution in [0, 0.1) is 5.92 Å². The van der Waals surface area contributed by atoms with Crippen LogP contribution >= 0.6 is 0 Å². The highest BCUT2D eigenvalue weighted by Crippen LogP contribution is 2.23. The predicted molar refractivity (Wildman–Crippen MR) is 74.8 cm³/mol. The van der Waals surface area contributed by atoms with Gasteiger partial charge in [-0.25, -0.2) is 9.97 Å². The number of hydrogen-bond acceptors (Lipinski definition) is 3. The molecule has 1 aliphatic heterocycles. The van der Waals surface area contributed by atoms with Gasteiger partial charge in [0.15, 0.2) is 0 Å². The van der Waals surface area contributed by atoms with E-state index in [0.717, 1.165) is 37.3 Å². The molecule has 0 radical (unpaired) electrons. The van der Waals surface area contributed by atoms with Crippen molar-refractivity contribution in [1.82, 2.24) is 14.9 Å². The van der Waals surface area contributed by atoms with Crippen molar-refractivity contribution in [2.45, 2.75) is 46.0 Å². The topological polar surface area (TPSA) is 46.1 Å². The summed E-state index contributed by atoms with van der Waals surface area (Å²) in [5.41, 5.74) is 2.23. The summed E-state index contributed by atoms with van der Waals surface area (Å²) in [6, 6.07) is 2.11. The van der Waals surface area contributed by atoms with Crippen LogP contribution in [0.5, 0.6) is 0 Å². The Morgan fingerprint density at radius 1 is 1.42 bits per heavy atom. The summed E-state index contributed by atoms with van der Waals surface area (Å²) < 4.78 is 0. The Bertz CT molecular complexity index is 465. The highest BCUT2D eigenvalue weighted by atomic mass is 16.2. The number of likely N-dealkylation sites (tertiary alicyclic amines) is 1. The minimum absolute atomic E-state index is 0.0544. The van der Waals surface area contributed by atoms with E-state index in [1.807, 2.05) is 4.90 Å². The summed E-state index contributed by atoms with van der Waals surface area (Å²) in [4.78, 5) is 22.0. The van der Waals surface area contributed by atoms with Gasteiger partial charge in [-0.05, 0) is 24.8 Å². The summed E-state index contributed by atoms with van der Waals surface area (Å²) in [7, 11) is 0. The second-order valence-electron chi connectivity index (χ2n) is 6.47. The van der Waals surface area contributed by atoms with Crippen molar-refractivity contribution in [3.8, 4) is 0 Å². The zero-order valence-electron chi connectivity index (χ0n) is 12.3. The molecule has 1 unspecified atom stereocenters. The van der Waals surface area contributed by atoms with E-state index in [9.17, 15) is 4.79 Å². The molecule has 4 heteroatoms. The first kappa shape index (κ1) is 14.0. The molecule has 2 rings (SSSR count). The minimum atomic E-state index is 0.0544. The number of nitrogens with zero attached hydrogens (tertiary/aromatic N) is 3. The van der Waals surface area contributed by atoms with Crippen LogP contribution in [-0.4, -0.2) is 33.9 Å². The molecule has 1 atom stereocenters. The fraction of sp³-hybridized carbons (Fsp3) is 0.667. The van der Waals surface area contributed by atoms with Gasteiger partial charge in [0.05, 0.1) is 0 Å². The number of rotatable bonds is 2. The molecule has 1 amide bonds. The van der Waals surface area contributed by atoms with Crippen LogP contribution in [0.2, 0.25) is 0 Å². The molecule has 2 heterocycles. The zero-order valence-corrected chi connectivity index (χ0v) is 12.3. The van der Waals surface area contributed by atoms with Crippen molar-refractivity contribution < 1.29 is 4.79 Å². The van der Waals surface area contributed by atoms with Gasteiger partial charge in [-0.3, -0.25) is 4.79 Å².